The second-order valence-electron chi connectivity index (χ2n) is 4.28. The summed E-state index contributed by atoms with van der Waals surface area (Å²) in [5.74, 6) is 0. The van der Waals surface area contributed by atoms with Crippen LogP contribution in [0.5, 0.6) is 0 Å². The van der Waals surface area contributed by atoms with Gasteiger partial charge in [0.05, 0.1) is 21.4 Å². The Morgan fingerprint density at radius 1 is 0.905 bits per heavy atom. The molecule has 0 amide bonds. The van der Waals surface area contributed by atoms with Crippen LogP contribution in [0.2, 0.25) is 10.0 Å². The van der Waals surface area contributed by atoms with Crippen molar-refractivity contribution in [3.05, 3.63) is 64.0 Å². The molecule has 0 aliphatic carbocycles. The molecule has 3 rings (SSSR count). The molecule has 1 aromatic heterocycles. The molecule has 0 aliphatic rings. The zero-order valence-electron chi connectivity index (χ0n) is 10.8. The van der Waals surface area contributed by atoms with Crippen LogP contribution in [0, 0.1) is 0 Å². The van der Waals surface area contributed by atoms with Gasteiger partial charge in [-0.3, -0.25) is 10.9 Å². The van der Waals surface area contributed by atoms with E-state index in [1.165, 1.54) is 11.3 Å². The predicted molar refractivity (Wildman–Crippen MR) is 91.3 cm³/mol. The van der Waals surface area contributed by atoms with Crippen molar-refractivity contribution in [3.8, 4) is 11.3 Å². The monoisotopic (exact) mass is 335 g/mol. The van der Waals surface area contributed by atoms with Crippen LogP contribution in [0.4, 0.5) is 10.8 Å². The largest absolute Gasteiger partial charge is 0.299 e. The number of rotatable bonds is 4. The molecule has 106 valence electrons. The van der Waals surface area contributed by atoms with E-state index in [9.17, 15) is 0 Å². The molecule has 0 unspecified atom stereocenters. The minimum Gasteiger partial charge on any atom is -0.299 e. The molecule has 2 aromatic carbocycles. The van der Waals surface area contributed by atoms with Crippen molar-refractivity contribution in [2.45, 2.75) is 0 Å². The predicted octanol–water partition coefficient (Wildman–Crippen LogP) is 5.56. The maximum absolute atomic E-state index is 6.03. The van der Waals surface area contributed by atoms with Crippen LogP contribution in [-0.4, -0.2) is 4.98 Å². The minimum absolute atomic E-state index is 0.527. The van der Waals surface area contributed by atoms with Crippen molar-refractivity contribution in [1.82, 2.24) is 4.98 Å². The Morgan fingerprint density at radius 2 is 1.71 bits per heavy atom. The molecule has 0 bridgehead atoms. The Labute approximate surface area is 136 Å². The van der Waals surface area contributed by atoms with Gasteiger partial charge in [0.15, 0.2) is 0 Å². The van der Waals surface area contributed by atoms with E-state index in [0.717, 1.165) is 22.1 Å². The van der Waals surface area contributed by atoms with Crippen molar-refractivity contribution >= 4 is 45.4 Å². The highest BCUT2D eigenvalue weighted by atomic mass is 35.5. The number of benzene rings is 2. The van der Waals surface area contributed by atoms with Gasteiger partial charge >= 0.3 is 0 Å². The first-order valence-electron chi connectivity index (χ1n) is 6.20. The minimum atomic E-state index is 0.527. The number of anilines is 2. The molecule has 0 atom stereocenters. The molecule has 0 saturated heterocycles. The van der Waals surface area contributed by atoms with Gasteiger partial charge < -0.3 is 0 Å². The lowest BCUT2D eigenvalue weighted by Crippen LogP contribution is -2.07. The number of halogens is 2. The number of para-hydroxylation sites is 1. The summed E-state index contributed by atoms with van der Waals surface area (Å²) in [5, 5.41) is 3.81. The molecule has 0 radical (unpaired) electrons. The zero-order chi connectivity index (χ0) is 14.7. The van der Waals surface area contributed by atoms with Crippen LogP contribution in [0.3, 0.4) is 0 Å². The van der Waals surface area contributed by atoms with Gasteiger partial charge in [-0.25, -0.2) is 4.98 Å². The molecular formula is C15H11Cl2N3S. The molecule has 2 N–H and O–H groups in total. The normalized spacial score (nSPS) is 10.4. The lowest BCUT2D eigenvalue weighted by Gasteiger charge is -2.05. The summed E-state index contributed by atoms with van der Waals surface area (Å²) in [4.78, 5) is 4.51. The highest BCUT2D eigenvalue weighted by Crippen LogP contribution is 2.30. The van der Waals surface area contributed by atoms with E-state index in [0.29, 0.717) is 10.0 Å². The van der Waals surface area contributed by atoms with Crippen molar-refractivity contribution in [1.29, 1.82) is 0 Å². The zero-order valence-corrected chi connectivity index (χ0v) is 13.1. The average Bonchev–Trinajstić information content (AvgIpc) is 2.98. The van der Waals surface area contributed by atoms with Crippen LogP contribution < -0.4 is 10.9 Å². The van der Waals surface area contributed by atoms with Crippen molar-refractivity contribution < 1.29 is 0 Å². The van der Waals surface area contributed by atoms with E-state index in [4.69, 9.17) is 23.2 Å². The number of nitrogens with one attached hydrogen (secondary N) is 2. The van der Waals surface area contributed by atoms with E-state index in [-0.39, 0.29) is 0 Å². The van der Waals surface area contributed by atoms with Gasteiger partial charge in [-0.15, -0.1) is 11.3 Å². The lowest BCUT2D eigenvalue weighted by atomic mass is 10.2. The fraction of sp³-hybridized carbons (Fsp3) is 0. The Balaban J connectivity index is 1.72. The first kappa shape index (κ1) is 14.2. The summed E-state index contributed by atoms with van der Waals surface area (Å²) in [6.07, 6.45) is 0. The fourth-order valence-corrected chi connectivity index (χ4v) is 2.74. The molecule has 6 heteroatoms. The van der Waals surface area contributed by atoms with Gasteiger partial charge in [-0.1, -0.05) is 47.5 Å². The molecule has 21 heavy (non-hydrogen) atoms. The summed E-state index contributed by atoms with van der Waals surface area (Å²) in [6.45, 7) is 0. The molecule has 0 saturated carbocycles. The van der Waals surface area contributed by atoms with Gasteiger partial charge in [0.25, 0.3) is 0 Å². The average molecular weight is 336 g/mol. The van der Waals surface area contributed by atoms with Crippen LogP contribution in [-0.2, 0) is 0 Å². The standard InChI is InChI=1S/C15H11Cl2N3S/c16-12-7-6-10(8-13(12)17)14-9-21-15(18-14)20-19-11-4-2-1-3-5-11/h1-9,19H,(H,18,20). The summed E-state index contributed by atoms with van der Waals surface area (Å²) in [5.41, 5.74) is 8.94. The first-order chi connectivity index (χ1) is 10.2. The summed E-state index contributed by atoms with van der Waals surface area (Å²) in [6, 6.07) is 15.3. The maximum atomic E-state index is 6.03. The second-order valence-corrected chi connectivity index (χ2v) is 5.96. The third-order valence-corrected chi connectivity index (χ3v) is 4.30. The lowest BCUT2D eigenvalue weighted by molar-refractivity contribution is 1.33. The highest BCUT2D eigenvalue weighted by Gasteiger charge is 2.06. The molecule has 0 spiro atoms. The maximum Gasteiger partial charge on any atom is 0.202 e. The van der Waals surface area contributed by atoms with E-state index in [2.05, 4.69) is 15.8 Å². The van der Waals surface area contributed by atoms with E-state index in [1.54, 1.807) is 6.07 Å². The van der Waals surface area contributed by atoms with Crippen LogP contribution in [0.1, 0.15) is 0 Å². The molecule has 3 nitrogen and oxygen atoms in total. The van der Waals surface area contributed by atoms with Gasteiger partial charge in [0.1, 0.15) is 0 Å². The van der Waals surface area contributed by atoms with Crippen LogP contribution in [0.15, 0.2) is 53.9 Å². The van der Waals surface area contributed by atoms with Crippen LogP contribution >= 0.6 is 34.5 Å². The summed E-state index contributed by atoms with van der Waals surface area (Å²) < 4.78 is 0. The molecule has 3 aromatic rings. The second kappa shape index (κ2) is 6.35. The molecule has 0 fully saturated rings. The van der Waals surface area contributed by atoms with Gasteiger partial charge in [0.2, 0.25) is 5.13 Å². The third kappa shape index (κ3) is 3.47. The van der Waals surface area contributed by atoms with Gasteiger partial charge in [-0.2, -0.15) is 0 Å². The third-order valence-electron chi connectivity index (χ3n) is 2.81. The highest BCUT2D eigenvalue weighted by molar-refractivity contribution is 7.14. The Hall–Kier alpha value is -1.75. The van der Waals surface area contributed by atoms with Gasteiger partial charge in [-0.05, 0) is 24.3 Å². The van der Waals surface area contributed by atoms with Crippen molar-refractivity contribution in [2.24, 2.45) is 0 Å². The number of thiazole rings is 1. The molecule has 1 heterocycles. The number of hydrogen-bond acceptors (Lipinski definition) is 4. The quantitative estimate of drug-likeness (QED) is 0.613. The first-order valence-corrected chi connectivity index (χ1v) is 7.84. The number of aromatic nitrogens is 1. The Morgan fingerprint density at radius 3 is 2.48 bits per heavy atom. The smallest absolute Gasteiger partial charge is 0.202 e. The number of hydrogen-bond donors (Lipinski definition) is 2. The number of nitrogens with zero attached hydrogens (tertiary/aromatic N) is 1. The van der Waals surface area contributed by atoms with E-state index < -0.39 is 0 Å². The van der Waals surface area contributed by atoms with Crippen molar-refractivity contribution in [3.63, 3.8) is 0 Å². The molecular weight excluding hydrogens is 325 g/mol. The SMILES string of the molecule is Clc1ccc(-c2csc(NNc3ccccc3)n2)cc1Cl. The Kier molecular flexibility index (Phi) is 4.29. The topological polar surface area (TPSA) is 37.0 Å². The summed E-state index contributed by atoms with van der Waals surface area (Å²) >= 11 is 13.5. The molecule has 0 aliphatic heterocycles. The van der Waals surface area contributed by atoms with Crippen LogP contribution in [0.25, 0.3) is 11.3 Å². The van der Waals surface area contributed by atoms with Gasteiger partial charge in [0, 0.05) is 10.9 Å². The fourth-order valence-electron chi connectivity index (χ4n) is 1.77. The number of hydrazine groups is 1. The Bertz CT molecular complexity index is 744. The van der Waals surface area contributed by atoms with E-state index in [1.807, 2.05) is 47.8 Å². The van der Waals surface area contributed by atoms with Crippen molar-refractivity contribution in [2.75, 3.05) is 10.9 Å². The summed E-state index contributed by atoms with van der Waals surface area (Å²) in [7, 11) is 0. The van der Waals surface area contributed by atoms with E-state index >= 15 is 0 Å².